The highest BCUT2D eigenvalue weighted by molar-refractivity contribution is 8.26. The van der Waals surface area contributed by atoms with Crippen molar-refractivity contribution < 1.29 is 9.53 Å². The molecular formula is C24H28N4O3S2. The van der Waals surface area contributed by atoms with Crippen LogP contribution in [0.2, 0.25) is 0 Å². The minimum absolute atomic E-state index is 0.0978. The molecule has 0 spiro atoms. The van der Waals surface area contributed by atoms with E-state index in [0.29, 0.717) is 32.8 Å². The molecule has 1 N–H and O–H groups in total. The number of fused-ring (bicyclic) bond motifs is 1. The first-order valence-electron chi connectivity index (χ1n) is 11.7. The third kappa shape index (κ3) is 4.58. The SMILES string of the molecule is Cc1ccc2nc(NCC3CCCO3)c(/C=C3/SC(=S)N(C4CCCCC4)C3=O)c(=O)n2c1. The molecule has 1 aliphatic carbocycles. The minimum Gasteiger partial charge on any atom is -0.376 e. The van der Waals surface area contributed by atoms with Crippen molar-refractivity contribution in [1.82, 2.24) is 14.3 Å². The van der Waals surface area contributed by atoms with Gasteiger partial charge >= 0.3 is 0 Å². The van der Waals surface area contributed by atoms with E-state index < -0.39 is 0 Å². The summed E-state index contributed by atoms with van der Waals surface area (Å²) in [5.41, 5.74) is 1.69. The molecule has 174 valence electrons. The van der Waals surface area contributed by atoms with Gasteiger partial charge < -0.3 is 10.1 Å². The topological polar surface area (TPSA) is 75.9 Å². The Balaban J connectivity index is 1.52. The zero-order valence-corrected chi connectivity index (χ0v) is 20.3. The van der Waals surface area contributed by atoms with Gasteiger partial charge in [-0.3, -0.25) is 18.9 Å². The van der Waals surface area contributed by atoms with E-state index in [9.17, 15) is 9.59 Å². The van der Waals surface area contributed by atoms with Crippen molar-refractivity contribution >= 4 is 51.7 Å². The monoisotopic (exact) mass is 484 g/mol. The summed E-state index contributed by atoms with van der Waals surface area (Å²) in [6.45, 7) is 3.26. The molecule has 2 aromatic rings. The summed E-state index contributed by atoms with van der Waals surface area (Å²) in [7, 11) is 0. The van der Waals surface area contributed by atoms with Crippen LogP contribution in [0.15, 0.2) is 28.0 Å². The van der Waals surface area contributed by atoms with Crippen LogP contribution < -0.4 is 10.9 Å². The van der Waals surface area contributed by atoms with Crippen LogP contribution in [-0.2, 0) is 9.53 Å². The van der Waals surface area contributed by atoms with Crippen LogP contribution >= 0.6 is 24.0 Å². The number of pyridine rings is 1. The number of rotatable bonds is 5. The second-order valence-corrected chi connectivity index (χ2v) is 10.6. The van der Waals surface area contributed by atoms with Gasteiger partial charge in [-0.25, -0.2) is 4.98 Å². The standard InChI is InChI=1S/C24H28N4O3S2/c1-15-9-10-20-26-21(25-13-17-8-5-11-31-17)18(22(29)27(20)14-15)12-19-23(30)28(24(32)33-19)16-6-3-2-4-7-16/h9-10,12,14,16-17,25H,2-8,11,13H2,1H3/b19-12+. The van der Waals surface area contributed by atoms with E-state index in [1.165, 1.54) is 18.2 Å². The van der Waals surface area contributed by atoms with E-state index >= 15 is 0 Å². The smallest absolute Gasteiger partial charge is 0.267 e. The third-order valence-electron chi connectivity index (χ3n) is 6.57. The summed E-state index contributed by atoms with van der Waals surface area (Å²) in [5.74, 6) is 0.373. The average Bonchev–Trinajstić information content (AvgIpc) is 3.43. The van der Waals surface area contributed by atoms with Crippen LogP contribution in [0.5, 0.6) is 0 Å². The Hall–Kier alpha value is -2.23. The molecule has 33 heavy (non-hydrogen) atoms. The van der Waals surface area contributed by atoms with Crippen LogP contribution in [0.25, 0.3) is 11.7 Å². The highest BCUT2D eigenvalue weighted by Crippen LogP contribution is 2.37. The van der Waals surface area contributed by atoms with Crippen molar-refractivity contribution in [3.63, 3.8) is 0 Å². The quantitative estimate of drug-likeness (QED) is 0.505. The van der Waals surface area contributed by atoms with Crippen molar-refractivity contribution in [2.75, 3.05) is 18.5 Å². The van der Waals surface area contributed by atoms with Gasteiger partial charge in [-0.1, -0.05) is 49.3 Å². The number of hydrogen-bond acceptors (Lipinski definition) is 7. The zero-order valence-electron chi connectivity index (χ0n) is 18.7. The number of ether oxygens (including phenoxy) is 1. The summed E-state index contributed by atoms with van der Waals surface area (Å²) in [6.07, 6.45) is 11.0. The van der Waals surface area contributed by atoms with E-state index in [1.54, 1.807) is 21.6 Å². The molecule has 1 unspecified atom stereocenters. The molecule has 2 aliphatic heterocycles. The molecule has 0 bridgehead atoms. The molecule has 7 nitrogen and oxygen atoms in total. The average molecular weight is 485 g/mol. The van der Waals surface area contributed by atoms with Crippen molar-refractivity contribution in [3.05, 3.63) is 44.7 Å². The van der Waals surface area contributed by atoms with Crippen LogP contribution in [-0.4, -0.2) is 49.8 Å². The van der Waals surface area contributed by atoms with Gasteiger partial charge in [0.15, 0.2) is 0 Å². The molecule has 0 radical (unpaired) electrons. The largest absolute Gasteiger partial charge is 0.376 e. The number of nitrogens with one attached hydrogen (secondary N) is 1. The van der Waals surface area contributed by atoms with Crippen molar-refractivity contribution in [1.29, 1.82) is 0 Å². The number of anilines is 1. The van der Waals surface area contributed by atoms with Gasteiger partial charge in [0.05, 0.1) is 16.6 Å². The molecular weight excluding hydrogens is 456 g/mol. The van der Waals surface area contributed by atoms with Gasteiger partial charge in [0.25, 0.3) is 11.5 Å². The van der Waals surface area contributed by atoms with Gasteiger partial charge in [-0.15, -0.1) is 0 Å². The third-order valence-corrected chi connectivity index (χ3v) is 7.90. The summed E-state index contributed by atoms with van der Waals surface area (Å²) >= 11 is 6.85. The predicted octanol–water partition coefficient (Wildman–Crippen LogP) is 4.13. The fourth-order valence-electron chi connectivity index (χ4n) is 4.80. The van der Waals surface area contributed by atoms with Crippen LogP contribution in [0.4, 0.5) is 5.82 Å². The molecule has 9 heteroatoms. The van der Waals surface area contributed by atoms with Gasteiger partial charge in [0, 0.05) is 25.4 Å². The number of aromatic nitrogens is 2. The number of aryl methyl sites for hydroxylation is 1. The van der Waals surface area contributed by atoms with Gasteiger partial charge in [0.1, 0.15) is 15.8 Å². The molecule has 3 fully saturated rings. The molecule has 3 aliphatic rings. The Morgan fingerprint density at radius 3 is 2.79 bits per heavy atom. The van der Waals surface area contributed by atoms with Gasteiger partial charge in [-0.2, -0.15) is 0 Å². The fourth-order valence-corrected chi connectivity index (χ4v) is 6.19. The molecule has 2 saturated heterocycles. The number of nitrogens with zero attached hydrogens (tertiary/aromatic N) is 3. The Morgan fingerprint density at radius 2 is 2.03 bits per heavy atom. The van der Waals surface area contributed by atoms with E-state index in [0.717, 1.165) is 50.7 Å². The summed E-state index contributed by atoms with van der Waals surface area (Å²) in [5, 5.41) is 3.32. The molecule has 1 atom stereocenters. The van der Waals surface area contributed by atoms with Gasteiger partial charge in [0.2, 0.25) is 0 Å². The fraction of sp³-hybridized carbons (Fsp3) is 0.500. The number of carbonyl (C=O) groups excluding carboxylic acids is 1. The maximum Gasteiger partial charge on any atom is 0.267 e. The van der Waals surface area contributed by atoms with Gasteiger partial charge in [-0.05, 0) is 50.3 Å². The Bertz CT molecular complexity index is 1180. The minimum atomic E-state index is -0.207. The maximum absolute atomic E-state index is 13.5. The summed E-state index contributed by atoms with van der Waals surface area (Å²) < 4.78 is 7.84. The van der Waals surface area contributed by atoms with E-state index in [2.05, 4.69) is 5.32 Å². The maximum atomic E-state index is 13.5. The normalized spacial score (nSPS) is 23.2. The zero-order chi connectivity index (χ0) is 22.9. The number of amides is 1. The summed E-state index contributed by atoms with van der Waals surface area (Å²) in [4.78, 5) is 33.8. The van der Waals surface area contributed by atoms with Crippen LogP contribution in [0.1, 0.15) is 56.1 Å². The molecule has 4 heterocycles. The van der Waals surface area contributed by atoms with E-state index in [1.807, 2.05) is 19.1 Å². The number of thiocarbonyl (C=S) groups is 1. The number of thioether (sulfide) groups is 1. The first-order valence-corrected chi connectivity index (χ1v) is 12.9. The van der Waals surface area contributed by atoms with Crippen molar-refractivity contribution in [2.45, 2.75) is 64.0 Å². The first-order chi connectivity index (χ1) is 16.0. The first kappa shape index (κ1) is 22.6. The van der Waals surface area contributed by atoms with Crippen molar-refractivity contribution in [2.24, 2.45) is 0 Å². The predicted molar refractivity (Wildman–Crippen MR) is 136 cm³/mol. The van der Waals surface area contributed by atoms with Crippen molar-refractivity contribution in [3.8, 4) is 0 Å². The molecule has 1 saturated carbocycles. The van der Waals surface area contributed by atoms with E-state index in [4.69, 9.17) is 21.9 Å². The lowest BCUT2D eigenvalue weighted by Crippen LogP contribution is -2.39. The lowest BCUT2D eigenvalue weighted by molar-refractivity contribution is -0.124. The Morgan fingerprint density at radius 1 is 1.21 bits per heavy atom. The highest BCUT2D eigenvalue weighted by atomic mass is 32.2. The molecule has 1 amide bonds. The number of hydrogen-bond donors (Lipinski definition) is 1. The second kappa shape index (κ2) is 9.56. The van der Waals surface area contributed by atoms with Crippen LogP contribution in [0.3, 0.4) is 0 Å². The second-order valence-electron chi connectivity index (χ2n) is 8.97. The lowest BCUT2D eigenvalue weighted by atomic mass is 9.94. The highest BCUT2D eigenvalue weighted by Gasteiger charge is 2.37. The molecule has 5 rings (SSSR count). The molecule has 2 aromatic heterocycles. The Kier molecular flexibility index (Phi) is 6.53. The van der Waals surface area contributed by atoms with Crippen LogP contribution in [0, 0.1) is 6.92 Å². The van der Waals surface area contributed by atoms with E-state index in [-0.39, 0.29) is 23.6 Å². The Labute approximate surface area is 202 Å². The molecule has 0 aromatic carbocycles. The lowest BCUT2D eigenvalue weighted by Gasteiger charge is -2.29. The number of carbonyl (C=O) groups is 1. The summed E-state index contributed by atoms with van der Waals surface area (Å²) in [6, 6.07) is 3.92.